The molecular formula is C21H11ClN2O2S2. The van der Waals surface area contributed by atoms with E-state index in [1.807, 2.05) is 30.3 Å². The molecule has 4 aromatic rings. The van der Waals surface area contributed by atoms with Gasteiger partial charge < -0.3 is 0 Å². The molecule has 1 aromatic heterocycles. The van der Waals surface area contributed by atoms with Crippen molar-refractivity contribution in [3.8, 4) is 0 Å². The van der Waals surface area contributed by atoms with Gasteiger partial charge in [0.15, 0.2) is 4.34 Å². The van der Waals surface area contributed by atoms with Gasteiger partial charge in [-0.1, -0.05) is 47.6 Å². The Hall–Kier alpha value is -2.67. The first-order valence-corrected chi connectivity index (χ1v) is 10.4. The van der Waals surface area contributed by atoms with Crippen molar-refractivity contribution < 1.29 is 9.59 Å². The van der Waals surface area contributed by atoms with Crippen LogP contribution in [0.3, 0.4) is 0 Å². The molecule has 1 aliphatic heterocycles. The van der Waals surface area contributed by atoms with Crippen LogP contribution in [0, 0.1) is 0 Å². The Balaban J connectivity index is 1.58. The van der Waals surface area contributed by atoms with Crippen molar-refractivity contribution in [2.45, 2.75) is 9.24 Å². The number of benzene rings is 3. The molecule has 0 unspecified atom stereocenters. The van der Waals surface area contributed by atoms with E-state index in [1.54, 1.807) is 47.7 Å². The van der Waals surface area contributed by atoms with E-state index in [2.05, 4.69) is 4.98 Å². The van der Waals surface area contributed by atoms with Gasteiger partial charge in [0.2, 0.25) is 0 Å². The molecule has 0 radical (unpaired) electrons. The van der Waals surface area contributed by atoms with Crippen molar-refractivity contribution in [1.82, 2.24) is 4.98 Å². The molecule has 7 heteroatoms. The Kier molecular flexibility index (Phi) is 4.19. The monoisotopic (exact) mass is 422 g/mol. The average molecular weight is 423 g/mol. The summed E-state index contributed by atoms with van der Waals surface area (Å²) in [5, 5.41) is 0.459. The number of anilines is 1. The quantitative estimate of drug-likeness (QED) is 0.385. The molecule has 2 heterocycles. The second kappa shape index (κ2) is 6.74. The lowest BCUT2D eigenvalue weighted by molar-refractivity contribution is 0.0925. The van der Waals surface area contributed by atoms with Crippen LogP contribution in [0.1, 0.15) is 20.7 Å². The second-order valence-electron chi connectivity index (χ2n) is 6.15. The highest BCUT2D eigenvalue weighted by Gasteiger charge is 2.37. The molecule has 2 amide bonds. The summed E-state index contributed by atoms with van der Waals surface area (Å²) in [5.41, 5.74) is 2.21. The molecule has 28 heavy (non-hydrogen) atoms. The van der Waals surface area contributed by atoms with Gasteiger partial charge in [0.1, 0.15) is 0 Å². The number of imide groups is 1. The van der Waals surface area contributed by atoms with Crippen LogP contribution < -0.4 is 4.90 Å². The van der Waals surface area contributed by atoms with E-state index < -0.39 is 0 Å². The number of nitrogens with zero attached hydrogens (tertiary/aromatic N) is 2. The van der Waals surface area contributed by atoms with E-state index in [9.17, 15) is 9.59 Å². The maximum atomic E-state index is 12.9. The Labute approximate surface area is 173 Å². The van der Waals surface area contributed by atoms with Crippen LogP contribution in [0.15, 0.2) is 76.0 Å². The van der Waals surface area contributed by atoms with Gasteiger partial charge in [-0.05, 0) is 42.5 Å². The van der Waals surface area contributed by atoms with Crippen molar-refractivity contribution in [3.05, 3.63) is 82.9 Å². The van der Waals surface area contributed by atoms with Crippen molar-refractivity contribution in [1.29, 1.82) is 0 Å². The fourth-order valence-corrected chi connectivity index (χ4v) is 5.44. The third kappa shape index (κ3) is 2.81. The Bertz CT molecular complexity index is 1200. The number of rotatable bonds is 3. The number of hydrogen-bond donors (Lipinski definition) is 0. The molecule has 136 valence electrons. The first kappa shape index (κ1) is 17.4. The zero-order valence-electron chi connectivity index (χ0n) is 14.3. The van der Waals surface area contributed by atoms with Crippen LogP contribution in [0.5, 0.6) is 0 Å². The minimum Gasteiger partial charge on any atom is -0.268 e. The topological polar surface area (TPSA) is 50.3 Å². The van der Waals surface area contributed by atoms with Gasteiger partial charge in [0, 0.05) is 9.92 Å². The minimum absolute atomic E-state index is 0.339. The lowest BCUT2D eigenvalue weighted by Crippen LogP contribution is -2.29. The van der Waals surface area contributed by atoms with Gasteiger partial charge >= 0.3 is 0 Å². The van der Waals surface area contributed by atoms with Crippen LogP contribution in [0.4, 0.5) is 5.69 Å². The predicted octanol–water partition coefficient (Wildman–Crippen LogP) is 5.90. The second-order valence-corrected chi connectivity index (χ2v) is 8.91. The maximum Gasteiger partial charge on any atom is 0.266 e. The van der Waals surface area contributed by atoms with E-state index in [1.165, 1.54) is 16.7 Å². The fraction of sp³-hybridized carbons (Fsp3) is 0. The van der Waals surface area contributed by atoms with E-state index in [-0.39, 0.29) is 11.8 Å². The Morgan fingerprint density at radius 3 is 2.29 bits per heavy atom. The summed E-state index contributed by atoms with van der Waals surface area (Å²) < 4.78 is 1.92. The average Bonchev–Trinajstić information content (AvgIpc) is 3.22. The minimum atomic E-state index is -0.339. The van der Waals surface area contributed by atoms with Gasteiger partial charge in [-0.2, -0.15) is 0 Å². The SMILES string of the molecule is O=C1c2ccccc2C(=O)N1c1cc(Cl)ccc1Sc1nc2ccccc2s1. The highest BCUT2D eigenvalue weighted by atomic mass is 35.5. The standard InChI is InChI=1S/C21H11ClN2O2S2/c22-12-9-10-18(28-21-23-15-7-3-4-8-17(15)27-21)16(11-12)24-19(25)13-5-1-2-6-14(13)20(24)26/h1-11H. The third-order valence-electron chi connectivity index (χ3n) is 4.43. The summed E-state index contributed by atoms with van der Waals surface area (Å²) >= 11 is 9.19. The molecule has 0 bridgehead atoms. The molecule has 5 rings (SSSR count). The van der Waals surface area contributed by atoms with Crippen molar-refractivity contribution in [3.63, 3.8) is 0 Å². The summed E-state index contributed by atoms with van der Waals surface area (Å²) in [6, 6.07) is 20.0. The van der Waals surface area contributed by atoms with Gasteiger partial charge in [-0.15, -0.1) is 11.3 Å². The summed E-state index contributed by atoms with van der Waals surface area (Å²) in [6.45, 7) is 0. The molecule has 1 aliphatic rings. The number of hydrogen-bond acceptors (Lipinski definition) is 5. The van der Waals surface area contributed by atoms with Crippen molar-refractivity contribution >= 4 is 62.4 Å². The number of halogens is 1. The number of thiazole rings is 1. The molecule has 4 nitrogen and oxygen atoms in total. The van der Waals surface area contributed by atoms with Crippen LogP contribution in [-0.2, 0) is 0 Å². The Morgan fingerprint density at radius 2 is 1.57 bits per heavy atom. The first-order valence-electron chi connectivity index (χ1n) is 8.42. The summed E-state index contributed by atoms with van der Waals surface area (Å²) in [4.78, 5) is 32.4. The number of carbonyl (C=O) groups is 2. The molecule has 3 aromatic carbocycles. The van der Waals surface area contributed by atoms with Crippen molar-refractivity contribution in [2.75, 3.05) is 4.90 Å². The highest BCUT2D eigenvalue weighted by Crippen LogP contribution is 2.42. The van der Waals surface area contributed by atoms with E-state index in [0.29, 0.717) is 21.8 Å². The molecule has 0 N–H and O–H groups in total. The third-order valence-corrected chi connectivity index (χ3v) is 6.82. The van der Waals surface area contributed by atoms with Crippen molar-refractivity contribution in [2.24, 2.45) is 0 Å². The smallest absolute Gasteiger partial charge is 0.266 e. The van der Waals surface area contributed by atoms with Crippen LogP contribution in [-0.4, -0.2) is 16.8 Å². The summed E-state index contributed by atoms with van der Waals surface area (Å²) in [6.07, 6.45) is 0. The molecular weight excluding hydrogens is 412 g/mol. The number of fused-ring (bicyclic) bond motifs is 2. The highest BCUT2D eigenvalue weighted by molar-refractivity contribution is 8.01. The zero-order chi connectivity index (χ0) is 19.3. The van der Waals surface area contributed by atoms with Crippen LogP contribution in [0.25, 0.3) is 10.2 Å². The molecule has 0 aliphatic carbocycles. The lowest BCUT2D eigenvalue weighted by atomic mass is 10.1. The predicted molar refractivity (Wildman–Crippen MR) is 113 cm³/mol. The normalized spacial score (nSPS) is 13.4. The largest absolute Gasteiger partial charge is 0.268 e. The molecule has 0 saturated heterocycles. The fourth-order valence-electron chi connectivity index (χ4n) is 3.15. The molecule has 0 atom stereocenters. The van der Waals surface area contributed by atoms with E-state index in [4.69, 9.17) is 11.6 Å². The number of amides is 2. The number of carbonyl (C=O) groups excluding carboxylic acids is 2. The lowest BCUT2D eigenvalue weighted by Gasteiger charge is -2.17. The molecule has 0 fully saturated rings. The summed E-state index contributed by atoms with van der Waals surface area (Å²) in [7, 11) is 0. The zero-order valence-corrected chi connectivity index (χ0v) is 16.6. The maximum absolute atomic E-state index is 12.9. The van der Waals surface area contributed by atoms with Gasteiger partial charge in [0.25, 0.3) is 11.8 Å². The summed E-state index contributed by atoms with van der Waals surface area (Å²) in [5.74, 6) is -0.678. The van der Waals surface area contributed by atoms with Crippen LogP contribution >= 0.6 is 34.7 Å². The molecule has 0 spiro atoms. The van der Waals surface area contributed by atoms with Crippen LogP contribution in [0.2, 0.25) is 5.02 Å². The number of para-hydroxylation sites is 1. The Morgan fingerprint density at radius 1 is 0.893 bits per heavy atom. The molecule has 0 saturated carbocycles. The first-order chi connectivity index (χ1) is 13.6. The number of aromatic nitrogens is 1. The van der Waals surface area contributed by atoms with E-state index >= 15 is 0 Å². The van der Waals surface area contributed by atoms with Gasteiger partial charge in [-0.3, -0.25) is 9.59 Å². The van der Waals surface area contributed by atoms with Gasteiger partial charge in [0.05, 0.1) is 27.0 Å². The van der Waals surface area contributed by atoms with Gasteiger partial charge in [-0.25, -0.2) is 9.88 Å². The van der Waals surface area contributed by atoms with E-state index in [0.717, 1.165) is 19.5 Å².